The summed E-state index contributed by atoms with van der Waals surface area (Å²) in [5.41, 5.74) is 0. The van der Waals surface area contributed by atoms with E-state index in [9.17, 15) is 0 Å². The van der Waals surface area contributed by atoms with Crippen LogP contribution in [0.5, 0.6) is 0 Å². The van der Waals surface area contributed by atoms with E-state index >= 15 is 0 Å². The summed E-state index contributed by atoms with van der Waals surface area (Å²) in [6, 6.07) is 0. The Labute approximate surface area is 136 Å². The third kappa shape index (κ3) is 19.6. The molecule has 0 amide bonds. The Hall–Kier alpha value is 2.00. The maximum absolute atomic E-state index is 2.28. The van der Waals surface area contributed by atoms with Gasteiger partial charge in [0.15, 0.2) is 0 Å². The van der Waals surface area contributed by atoms with Crippen LogP contribution < -0.4 is 0 Å². The van der Waals surface area contributed by atoms with Crippen molar-refractivity contribution in [3.63, 3.8) is 0 Å². The van der Waals surface area contributed by atoms with Gasteiger partial charge in [0.25, 0.3) is 0 Å². The summed E-state index contributed by atoms with van der Waals surface area (Å²) in [7, 11) is 0. The van der Waals surface area contributed by atoms with Crippen molar-refractivity contribution in [2.24, 2.45) is 0 Å². The zero-order valence-corrected chi connectivity index (χ0v) is 15.1. The first kappa shape index (κ1) is 21.3. The van der Waals surface area contributed by atoms with Gasteiger partial charge in [-0.2, -0.15) is 0 Å². The number of rotatable bonds is 9. The van der Waals surface area contributed by atoms with Crippen molar-refractivity contribution in [3.8, 4) is 0 Å². The van der Waals surface area contributed by atoms with E-state index in [2.05, 4.69) is 13.8 Å². The predicted molar refractivity (Wildman–Crippen MR) is 69.0 cm³/mol. The fourth-order valence-electron chi connectivity index (χ4n) is 1.56. The molecule has 0 spiro atoms. The van der Waals surface area contributed by atoms with Gasteiger partial charge in [-0.3, -0.25) is 0 Å². The summed E-state index contributed by atoms with van der Waals surface area (Å²) in [6.45, 7) is 4.56. The first-order valence-electron chi connectivity index (χ1n) is 5.91. The van der Waals surface area contributed by atoms with Crippen LogP contribution in [0.4, 0.5) is 0 Å². The van der Waals surface area contributed by atoms with Crippen molar-refractivity contribution >= 4 is 59.1 Å². The molecule has 0 rings (SSSR count). The Morgan fingerprint density at radius 2 is 0.643 bits per heavy atom. The van der Waals surface area contributed by atoms with Gasteiger partial charge in [-0.15, -0.1) is 0 Å². The predicted octanol–water partition coefficient (Wildman–Crippen LogP) is 4.17. The average Bonchev–Trinajstić information content (AvgIpc) is 2.10. The second-order valence-electron chi connectivity index (χ2n) is 3.83. The van der Waals surface area contributed by atoms with Crippen molar-refractivity contribution in [2.45, 2.75) is 78.1 Å². The third-order valence-electron chi connectivity index (χ3n) is 2.46. The molecule has 0 aromatic heterocycles. The Balaban J connectivity index is -0.000000605. The van der Waals surface area contributed by atoms with Crippen molar-refractivity contribution in [2.75, 3.05) is 0 Å². The van der Waals surface area contributed by atoms with Gasteiger partial charge < -0.3 is 0 Å². The minimum absolute atomic E-state index is 0. The summed E-state index contributed by atoms with van der Waals surface area (Å²) < 4.78 is 0. The largest absolute Gasteiger partial charge is 0.0654 e. The second-order valence-corrected chi connectivity index (χ2v) is 3.83. The molecule has 0 unspecified atom stereocenters. The number of hydrogen-bond acceptors (Lipinski definition) is 0. The smallest absolute Gasteiger partial charge is 0 e. The first-order chi connectivity index (χ1) is 5.91. The molecule has 0 heterocycles. The summed E-state index contributed by atoms with van der Waals surface area (Å²) in [6.07, 6.45) is 14.4. The van der Waals surface area contributed by atoms with Crippen LogP contribution >= 0.6 is 0 Å². The van der Waals surface area contributed by atoms with E-state index in [1.807, 2.05) is 0 Å². The second kappa shape index (κ2) is 20.4. The fraction of sp³-hybridized carbons (Fsp3) is 1.00. The number of unbranched alkanes of at least 4 members (excludes halogenated alkanes) is 9. The molecular weight excluding hydrogens is 190 g/mol. The van der Waals surface area contributed by atoms with Gasteiger partial charge in [0.05, 0.1) is 0 Å². The summed E-state index contributed by atoms with van der Waals surface area (Å²) in [5.74, 6) is 0. The van der Waals surface area contributed by atoms with E-state index in [0.29, 0.717) is 0 Å². The van der Waals surface area contributed by atoms with Gasteiger partial charge >= 0.3 is 0 Å². The normalized spacial score (nSPS) is 9.00. The van der Waals surface area contributed by atoms with E-state index in [1.54, 1.807) is 0 Å². The molecule has 0 atom stereocenters. The van der Waals surface area contributed by atoms with Gasteiger partial charge in [-0.05, 0) is 0 Å². The van der Waals surface area contributed by atoms with E-state index in [0.717, 1.165) is 0 Å². The molecule has 0 aromatic carbocycles. The van der Waals surface area contributed by atoms with E-state index in [4.69, 9.17) is 0 Å². The quantitative estimate of drug-likeness (QED) is 0.401. The van der Waals surface area contributed by atoms with Crippen LogP contribution in [0, 0.1) is 0 Å². The molecular formula is C12H26Na2. The summed E-state index contributed by atoms with van der Waals surface area (Å²) in [4.78, 5) is 0. The minimum Gasteiger partial charge on any atom is -0.0654 e. The molecule has 0 N–H and O–H groups in total. The van der Waals surface area contributed by atoms with Crippen molar-refractivity contribution in [1.29, 1.82) is 0 Å². The Kier molecular flexibility index (Phi) is 31.1. The monoisotopic (exact) mass is 216 g/mol. The van der Waals surface area contributed by atoms with Gasteiger partial charge in [0.1, 0.15) is 0 Å². The molecule has 2 radical (unpaired) electrons. The molecule has 0 saturated heterocycles. The maximum Gasteiger partial charge on any atom is 0 e. The molecule has 2 heteroatoms. The molecule has 76 valence electrons. The maximum atomic E-state index is 2.28. The molecule has 0 aromatic rings. The standard InChI is InChI=1S/C12H26.2Na/c1-3-5-7-9-11-12-10-8-6-4-2;;/h3-12H2,1-2H3;;. The van der Waals surface area contributed by atoms with E-state index in [-0.39, 0.29) is 59.1 Å². The molecule has 0 aliphatic heterocycles. The Morgan fingerprint density at radius 3 is 0.857 bits per heavy atom. The van der Waals surface area contributed by atoms with Gasteiger partial charge in [0, 0.05) is 59.1 Å². The molecule has 0 saturated carbocycles. The Morgan fingerprint density at radius 1 is 0.429 bits per heavy atom. The van der Waals surface area contributed by atoms with Gasteiger partial charge in [-0.1, -0.05) is 78.1 Å². The van der Waals surface area contributed by atoms with Crippen LogP contribution in [-0.2, 0) is 0 Å². The minimum atomic E-state index is 0. The van der Waals surface area contributed by atoms with Crippen molar-refractivity contribution in [1.82, 2.24) is 0 Å². The van der Waals surface area contributed by atoms with Crippen LogP contribution in [0.3, 0.4) is 0 Å². The topological polar surface area (TPSA) is 0 Å². The van der Waals surface area contributed by atoms with Gasteiger partial charge in [0.2, 0.25) is 0 Å². The first-order valence-corrected chi connectivity index (χ1v) is 5.91. The fourth-order valence-corrected chi connectivity index (χ4v) is 1.56. The zero-order valence-electron chi connectivity index (χ0n) is 11.1. The third-order valence-corrected chi connectivity index (χ3v) is 2.46. The average molecular weight is 216 g/mol. The van der Waals surface area contributed by atoms with Crippen LogP contribution in [0.25, 0.3) is 0 Å². The molecule has 0 fully saturated rings. The molecule has 0 bridgehead atoms. The van der Waals surface area contributed by atoms with Gasteiger partial charge in [-0.25, -0.2) is 0 Å². The number of hydrogen-bond donors (Lipinski definition) is 0. The van der Waals surface area contributed by atoms with Crippen LogP contribution in [0.15, 0.2) is 0 Å². The van der Waals surface area contributed by atoms with Crippen LogP contribution in [0.2, 0.25) is 0 Å². The molecule has 0 nitrogen and oxygen atoms in total. The Bertz CT molecular complexity index is 64.7. The van der Waals surface area contributed by atoms with Crippen LogP contribution in [0.1, 0.15) is 78.1 Å². The van der Waals surface area contributed by atoms with Crippen LogP contribution in [-0.4, -0.2) is 59.1 Å². The molecule has 0 aliphatic carbocycles. The van der Waals surface area contributed by atoms with E-state index in [1.165, 1.54) is 64.2 Å². The summed E-state index contributed by atoms with van der Waals surface area (Å²) >= 11 is 0. The van der Waals surface area contributed by atoms with Crippen molar-refractivity contribution < 1.29 is 0 Å². The molecule has 14 heavy (non-hydrogen) atoms. The van der Waals surface area contributed by atoms with E-state index < -0.39 is 0 Å². The molecule has 0 aliphatic rings. The van der Waals surface area contributed by atoms with Crippen molar-refractivity contribution in [3.05, 3.63) is 0 Å². The SMILES string of the molecule is CCCCCCCCCCCC.[Na].[Na]. The summed E-state index contributed by atoms with van der Waals surface area (Å²) in [5, 5.41) is 0. The zero-order chi connectivity index (χ0) is 9.07.